The predicted octanol–water partition coefficient (Wildman–Crippen LogP) is 5.44. The number of rotatable bonds is 7. The van der Waals surface area contributed by atoms with Crippen molar-refractivity contribution in [1.82, 2.24) is 19.6 Å². The molecule has 1 aromatic carbocycles. The highest BCUT2D eigenvalue weighted by atomic mass is 32.2. The van der Waals surface area contributed by atoms with Crippen LogP contribution in [0, 0.1) is 34.9 Å². The molecule has 6 rings (SSSR count). The number of allylic oxidation sites excluding steroid dienone is 2. The summed E-state index contributed by atoms with van der Waals surface area (Å²) in [5.74, 6) is -3.62. The first-order chi connectivity index (χ1) is 24.8. The van der Waals surface area contributed by atoms with E-state index in [4.69, 9.17) is 9.47 Å². The van der Waals surface area contributed by atoms with Gasteiger partial charge in [0.2, 0.25) is 27.7 Å². The fourth-order valence-corrected chi connectivity index (χ4v) is 9.18. The largest absolute Gasteiger partial charge is 0.471 e. The van der Waals surface area contributed by atoms with Crippen molar-refractivity contribution in [3.63, 3.8) is 0 Å². The van der Waals surface area contributed by atoms with Crippen LogP contribution < -0.4 is 9.46 Å². The van der Waals surface area contributed by atoms with E-state index in [1.54, 1.807) is 27.7 Å². The lowest BCUT2D eigenvalue weighted by Crippen LogP contribution is -2.48. The summed E-state index contributed by atoms with van der Waals surface area (Å²) >= 11 is 0. The lowest BCUT2D eigenvalue weighted by atomic mass is 9.82. The SMILES string of the molecule is C[C@@H]1CC/C=C\[C@@H]2C[C@@]2(C(=O)NS(=O)(=O)C2(C)CC2)CC(=O)[C@@H]2C[C@@H](Oc3cnc4ccc(F)cc4n3)CN2C(=O)[C@@H](CC(=O)OC(C)(C)C)[C@H](C)C1. The summed E-state index contributed by atoms with van der Waals surface area (Å²) in [4.78, 5) is 66.5. The van der Waals surface area contributed by atoms with Crippen molar-refractivity contribution in [2.75, 3.05) is 6.54 Å². The van der Waals surface area contributed by atoms with E-state index >= 15 is 0 Å². The van der Waals surface area contributed by atoms with Gasteiger partial charge in [0.25, 0.3) is 0 Å². The number of ketones is 1. The topological polar surface area (TPSA) is 162 Å². The van der Waals surface area contributed by atoms with Crippen LogP contribution in [0.3, 0.4) is 0 Å². The summed E-state index contributed by atoms with van der Waals surface area (Å²) in [5, 5.41) is 0. The molecule has 14 heteroatoms. The number of aromatic nitrogens is 2. The number of Topliss-reactive ketones (excluding diaryl/α,β-unsaturated/α-hetero) is 1. The van der Waals surface area contributed by atoms with Crippen LogP contribution >= 0.6 is 0 Å². The summed E-state index contributed by atoms with van der Waals surface area (Å²) < 4.78 is 53.5. The molecule has 0 unspecified atom stereocenters. The average Bonchev–Trinajstić information content (AvgIpc) is 3.94. The van der Waals surface area contributed by atoms with Crippen LogP contribution in [-0.2, 0) is 33.9 Å². The fraction of sp³-hybridized carbons (Fsp3) is 0.641. The number of esters is 1. The zero-order valence-electron chi connectivity index (χ0n) is 31.4. The number of ether oxygens (including phenoxy) is 2. The Kier molecular flexibility index (Phi) is 10.5. The highest BCUT2D eigenvalue weighted by Crippen LogP contribution is 2.57. The van der Waals surface area contributed by atoms with E-state index in [0.29, 0.717) is 37.6 Å². The van der Waals surface area contributed by atoms with Gasteiger partial charge >= 0.3 is 5.97 Å². The van der Waals surface area contributed by atoms with Crippen LogP contribution in [0.25, 0.3) is 11.0 Å². The van der Waals surface area contributed by atoms with Gasteiger partial charge in [-0.15, -0.1) is 0 Å². The molecule has 2 aromatic rings. The van der Waals surface area contributed by atoms with Gasteiger partial charge < -0.3 is 14.4 Å². The third-order valence-corrected chi connectivity index (χ3v) is 13.5. The number of halogens is 1. The lowest BCUT2D eigenvalue weighted by Gasteiger charge is -2.32. The molecule has 2 aliphatic heterocycles. The number of carbonyl (C=O) groups excluding carboxylic acids is 4. The van der Waals surface area contributed by atoms with Gasteiger partial charge in [0.05, 0.1) is 52.3 Å². The van der Waals surface area contributed by atoms with E-state index in [1.807, 2.05) is 19.1 Å². The Balaban J connectivity index is 1.33. The molecule has 7 atom stereocenters. The molecular weight excluding hydrogens is 704 g/mol. The van der Waals surface area contributed by atoms with E-state index in [0.717, 1.165) is 6.42 Å². The number of benzene rings is 1. The average molecular weight is 755 g/mol. The third kappa shape index (κ3) is 8.57. The Morgan fingerprint density at radius 1 is 1.11 bits per heavy atom. The van der Waals surface area contributed by atoms with Gasteiger partial charge in [0.1, 0.15) is 17.5 Å². The van der Waals surface area contributed by atoms with E-state index in [9.17, 15) is 32.0 Å². The van der Waals surface area contributed by atoms with Gasteiger partial charge in [0, 0.05) is 18.9 Å². The molecule has 3 fully saturated rings. The molecule has 2 amide bonds. The Morgan fingerprint density at radius 3 is 2.55 bits per heavy atom. The molecule has 1 N–H and O–H groups in total. The monoisotopic (exact) mass is 754 g/mol. The Bertz CT molecular complexity index is 1920. The second kappa shape index (κ2) is 14.4. The smallest absolute Gasteiger partial charge is 0.307 e. The van der Waals surface area contributed by atoms with Crippen molar-refractivity contribution in [3.8, 4) is 5.88 Å². The lowest BCUT2D eigenvalue weighted by molar-refractivity contribution is -0.160. The van der Waals surface area contributed by atoms with E-state index in [1.165, 1.54) is 29.3 Å². The summed E-state index contributed by atoms with van der Waals surface area (Å²) in [5.41, 5.74) is -1.32. The molecule has 53 heavy (non-hydrogen) atoms. The number of amides is 2. The molecule has 1 aromatic heterocycles. The second-order valence-electron chi connectivity index (χ2n) is 17.0. The molecule has 2 aliphatic carbocycles. The van der Waals surface area contributed by atoms with Gasteiger partial charge in [-0.3, -0.25) is 23.9 Å². The van der Waals surface area contributed by atoms with Gasteiger partial charge in [0.15, 0.2) is 5.78 Å². The number of hydrogen-bond donors (Lipinski definition) is 1. The number of hydrogen-bond acceptors (Lipinski definition) is 10. The molecule has 0 spiro atoms. The number of nitrogens with zero attached hydrogens (tertiary/aromatic N) is 3. The first kappa shape index (κ1) is 38.8. The highest BCUT2D eigenvalue weighted by molar-refractivity contribution is 7.91. The molecule has 0 bridgehead atoms. The van der Waals surface area contributed by atoms with Crippen LogP contribution in [0.1, 0.15) is 99.3 Å². The molecule has 0 radical (unpaired) electrons. The maximum absolute atomic E-state index is 14.7. The molecular formula is C39H51FN4O8S. The van der Waals surface area contributed by atoms with Gasteiger partial charge in [-0.05, 0) is 96.1 Å². The van der Waals surface area contributed by atoms with Crippen molar-refractivity contribution >= 4 is 44.6 Å². The maximum Gasteiger partial charge on any atom is 0.307 e. The third-order valence-electron chi connectivity index (χ3n) is 11.4. The second-order valence-corrected chi connectivity index (χ2v) is 19.2. The van der Waals surface area contributed by atoms with E-state index in [-0.39, 0.29) is 55.0 Å². The minimum atomic E-state index is -3.96. The summed E-state index contributed by atoms with van der Waals surface area (Å²) in [6.45, 7) is 10.9. The van der Waals surface area contributed by atoms with Gasteiger partial charge in [-0.2, -0.15) is 0 Å². The van der Waals surface area contributed by atoms with Crippen LogP contribution in [0.15, 0.2) is 36.5 Å². The maximum atomic E-state index is 14.7. The Hall–Kier alpha value is -3.94. The number of fused-ring (bicyclic) bond motifs is 3. The Morgan fingerprint density at radius 2 is 1.85 bits per heavy atom. The predicted molar refractivity (Wildman–Crippen MR) is 194 cm³/mol. The van der Waals surface area contributed by atoms with Crippen LogP contribution in [0.5, 0.6) is 5.88 Å². The zero-order chi connectivity index (χ0) is 38.5. The minimum absolute atomic E-state index is 0.0134. The van der Waals surface area contributed by atoms with E-state index < -0.39 is 73.2 Å². The standard InChI is InChI=1S/C39H51FN4O8S/c1-23-9-7-8-10-25-19-39(25,36(48)43-53(49,50)38(6)13-14-38)20-32(45)31-17-27(51-33-21-41-29-12-11-26(40)16-30(29)42-33)22-44(31)35(47)28(24(2)15-23)18-34(46)52-37(3,4)5/h8,10-12,16,21,23-25,27-28,31H,7,9,13-15,17-20,22H2,1-6H3,(H,43,48)/b10-8-/t23-,24-,25-,27-,28+,31+,39-/m1/s1. The zero-order valence-corrected chi connectivity index (χ0v) is 32.2. The number of nitrogens with one attached hydrogen (secondary N) is 1. The molecule has 4 aliphatic rings. The fourth-order valence-electron chi connectivity index (χ4n) is 7.84. The summed E-state index contributed by atoms with van der Waals surface area (Å²) in [6.07, 6.45) is 7.53. The van der Waals surface area contributed by atoms with Crippen molar-refractivity contribution in [1.29, 1.82) is 0 Å². The number of carbonyl (C=O) groups is 4. The van der Waals surface area contributed by atoms with Crippen LogP contribution in [-0.4, -0.2) is 75.9 Å². The van der Waals surface area contributed by atoms with Crippen LogP contribution in [0.2, 0.25) is 0 Å². The molecule has 1 saturated heterocycles. The van der Waals surface area contributed by atoms with Crippen molar-refractivity contribution in [2.24, 2.45) is 29.1 Å². The molecule has 2 saturated carbocycles. The van der Waals surface area contributed by atoms with Crippen LogP contribution in [0.4, 0.5) is 4.39 Å². The quantitative estimate of drug-likeness (QED) is 0.285. The first-order valence-corrected chi connectivity index (χ1v) is 20.1. The van der Waals surface area contributed by atoms with Gasteiger partial charge in [-0.1, -0.05) is 26.0 Å². The molecule has 12 nitrogen and oxygen atoms in total. The molecule has 288 valence electrons. The van der Waals surface area contributed by atoms with E-state index in [2.05, 4.69) is 21.6 Å². The summed E-state index contributed by atoms with van der Waals surface area (Å²) in [7, 11) is -3.96. The van der Waals surface area contributed by atoms with Crippen molar-refractivity contribution < 1.29 is 41.5 Å². The summed E-state index contributed by atoms with van der Waals surface area (Å²) in [6, 6.07) is 2.99. The van der Waals surface area contributed by atoms with Crippen molar-refractivity contribution in [3.05, 3.63) is 42.4 Å². The van der Waals surface area contributed by atoms with Gasteiger partial charge in [-0.25, -0.2) is 22.8 Å². The normalized spacial score (nSPS) is 31.0. The first-order valence-electron chi connectivity index (χ1n) is 18.7. The highest BCUT2D eigenvalue weighted by Gasteiger charge is 2.62. The number of sulfonamides is 1. The Labute approximate surface area is 310 Å². The van der Waals surface area contributed by atoms with Crippen molar-refractivity contribution in [2.45, 2.75) is 122 Å². The minimum Gasteiger partial charge on any atom is -0.471 e. The molecule has 3 heterocycles.